The van der Waals surface area contributed by atoms with Crippen LogP contribution in [-0.2, 0) is 17.8 Å². The Labute approximate surface area is 178 Å². The number of hydrogen-bond acceptors (Lipinski definition) is 5. The van der Waals surface area contributed by atoms with E-state index in [0.29, 0.717) is 30.5 Å². The van der Waals surface area contributed by atoms with E-state index in [-0.39, 0.29) is 0 Å². The van der Waals surface area contributed by atoms with Crippen LogP contribution in [0.3, 0.4) is 0 Å². The van der Waals surface area contributed by atoms with Crippen molar-refractivity contribution in [3.05, 3.63) is 65.5 Å². The molecule has 0 spiro atoms. The lowest BCUT2D eigenvalue weighted by atomic mass is 10.1. The third-order valence-electron chi connectivity index (χ3n) is 4.69. The second kappa shape index (κ2) is 11.0. The Balaban J connectivity index is 1.70. The Morgan fingerprint density at radius 3 is 2.63 bits per heavy atom. The van der Waals surface area contributed by atoms with Crippen LogP contribution < -0.4 is 11.1 Å². The second-order valence-corrected chi connectivity index (χ2v) is 7.36. The Bertz CT molecular complexity index is 884. The van der Waals surface area contributed by atoms with Crippen LogP contribution in [0.5, 0.6) is 0 Å². The van der Waals surface area contributed by atoms with E-state index < -0.39 is 6.09 Å². The number of carbonyl (C=O) groups excluding carboxylic acids is 1. The van der Waals surface area contributed by atoms with Crippen molar-refractivity contribution in [3.63, 3.8) is 0 Å². The van der Waals surface area contributed by atoms with Gasteiger partial charge in [-0.05, 0) is 32.3 Å². The summed E-state index contributed by atoms with van der Waals surface area (Å²) in [5.74, 6) is 0.915. The van der Waals surface area contributed by atoms with E-state index in [1.54, 1.807) is 11.2 Å². The molecule has 0 unspecified atom stereocenters. The van der Waals surface area contributed by atoms with Gasteiger partial charge >= 0.3 is 6.09 Å². The van der Waals surface area contributed by atoms with Crippen molar-refractivity contribution >= 4 is 11.9 Å². The number of amides is 1. The first-order valence-electron chi connectivity index (χ1n) is 9.96. The van der Waals surface area contributed by atoms with E-state index in [1.807, 2.05) is 56.8 Å². The van der Waals surface area contributed by atoms with Gasteiger partial charge in [-0.1, -0.05) is 36.4 Å². The highest BCUT2D eigenvalue weighted by molar-refractivity contribution is 5.97. The molecule has 1 heterocycles. The van der Waals surface area contributed by atoms with Crippen molar-refractivity contribution < 1.29 is 9.53 Å². The lowest BCUT2D eigenvalue weighted by Crippen LogP contribution is -2.24. The summed E-state index contributed by atoms with van der Waals surface area (Å²) in [6, 6.07) is 8.02. The number of aromatic nitrogens is 2. The number of benzene rings is 1. The molecule has 3 N–H and O–H groups in total. The topological polar surface area (TPSA) is 97.8 Å². The van der Waals surface area contributed by atoms with E-state index in [2.05, 4.69) is 21.9 Å². The molecule has 8 heteroatoms. The zero-order chi connectivity index (χ0) is 22.1. The largest absolute Gasteiger partial charge is 0.450 e. The van der Waals surface area contributed by atoms with Crippen molar-refractivity contribution in [2.24, 2.45) is 10.7 Å². The number of hydrogen-bond donors (Lipinski definition) is 2. The molecule has 0 aliphatic rings. The number of rotatable bonds is 10. The molecule has 30 heavy (non-hydrogen) atoms. The second-order valence-electron chi connectivity index (χ2n) is 7.36. The fraction of sp³-hybridized carbons (Fsp3) is 0.409. The monoisotopic (exact) mass is 412 g/mol. The number of amidine groups is 1. The van der Waals surface area contributed by atoms with Gasteiger partial charge in [0.25, 0.3) is 0 Å². The SMILES string of the molecule is C=C(/N=C(/N)c1ncn(CCCCOC(=O)NCc2ccc(C)cc2)c1C)N(C)C. The summed E-state index contributed by atoms with van der Waals surface area (Å²) in [6.45, 7) is 9.42. The van der Waals surface area contributed by atoms with Gasteiger partial charge < -0.3 is 25.3 Å². The number of nitrogens with one attached hydrogen (secondary N) is 1. The van der Waals surface area contributed by atoms with Crippen LogP contribution in [0, 0.1) is 13.8 Å². The number of nitrogens with two attached hydrogens (primary N) is 1. The number of unbranched alkanes of at least 4 members (excludes halogenated alkanes) is 1. The minimum absolute atomic E-state index is 0.346. The molecule has 8 nitrogen and oxygen atoms in total. The van der Waals surface area contributed by atoms with E-state index in [1.165, 1.54) is 5.56 Å². The number of imidazole rings is 1. The molecule has 0 bridgehead atoms. The molecule has 162 valence electrons. The van der Waals surface area contributed by atoms with Gasteiger partial charge in [0.15, 0.2) is 5.84 Å². The van der Waals surface area contributed by atoms with Gasteiger partial charge in [-0.25, -0.2) is 14.8 Å². The minimum Gasteiger partial charge on any atom is -0.450 e. The van der Waals surface area contributed by atoms with Crippen LogP contribution in [0.25, 0.3) is 0 Å². The average molecular weight is 413 g/mol. The molecule has 0 aliphatic heterocycles. The fourth-order valence-electron chi connectivity index (χ4n) is 2.69. The van der Waals surface area contributed by atoms with Gasteiger partial charge in [0.1, 0.15) is 11.5 Å². The highest BCUT2D eigenvalue weighted by Crippen LogP contribution is 2.09. The average Bonchev–Trinajstić information content (AvgIpc) is 3.07. The summed E-state index contributed by atoms with van der Waals surface area (Å²) >= 11 is 0. The Morgan fingerprint density at radius 2 is 1.97 bits per heavy atom. The van der Waals surface area contributed by atoms with Crippen LogP contribution in [0.1, 0.15) is 35.4 Å². The molecule has 2 aromatic rings. The highest BCUT2D eigenvalue weighted by Gasteiger charge is 2.11. The van der Waals surface area contributed by atoms with Gasteiger partial charge in [0.2, 0.25) is 0 Å². The quantitative estimate of drug-likeness (QED) is 0.355. The first-order chi connectivity index (χ1) is 14.3. The molecule has 1 aromatic heterocycles. The van der Waals surface area contributed by atoms with Gasteiger partial charge in [-0.3, -0.25) is 0 Å². The number of nitrogens with zero attached hydrogens (tertiary/aromatic N) is 4. The predicted molar refractivity (Wildman–Crippen MR) is 119 cm³/mol. The normalized spacial score (nSPS) is 11.3. The van der Waals surface area contributed by atoms with Crippen LogP contribution in [0.15, 0.2) is 48.0 Å². The van der Waals surface area contributed by atoms with E-state index in [4.69, 9.17) is 10.5 Å². The summed E-state index contributed by atoms with van der Waals surface area (Å²) in [5.41, 5.74) is 9.89. The first kappa shape index (κ1) is 23.0. The summed E-state index contributed by atoms with van der Waals surface area (Å²) in [7, 11) is 3.71. The van der Waals surface area contributed by atoms with Crippen molar-refractivity contribution in [2.75, 3.05) is 20.7 Å². The van der Waals surface area contributed by atoms with Crippen molar-refractivity contribution in [1.29, 1.82) is 0 Å². The molecule has 0 fully saturated rings. The minimum atomic E-state index is -0.401. The van der Waals surface area contributed by atoms with Crippen molar-refractivity contribution in [2.45, 2.75) is 39.8 Å². The van der Waals surface area contributed by atoms with Crippen molar-refractivity contribution in [3.8, 4) is 0 Å². The molecule has 0 aliphatic carbocycles. The van der Waals surface area contributed by atoms with Crippen LogP contribution in [0.2, 0.25) is 0 Å². The maximum atomic E-state index is 11.8. The molecule has 2 rings (SSSR count). The number of aryl methyl sites for hydroxylation is 2. The summed E-state index contributed by atoms with van der Waals surface area (Å²) in [6.07, 6.45) is 2.96. The van der Waals surface area contributed by atoms with Crippen LogP contribution in [-0.4, -0.2) is 47.1 Å². The fourth-order valence-corrected chi connectivity index (χ4v) is 2.69. The molecule has 0 saturated carbocycles. The zero-order valence-corrected chi connectivity index (χ0v) is 18.3. The van der Waals surface area contributed by atoms with Crippen LogP contribution in [0.4, 0.5) is 4.79 Å². The molecule has 0 atom stereocenters. The van der Waals surface area contributed by atoms with Crippen molar-refractivity contribution in [1.82, 2.24) is 19.8 Å². The van der Waals surface area contributed by atoms with Gasteiger partial charge in [-0.15, -0.1) is 0 Å². The zero-order valence-electron chi connectivity index (χ0n) is 18.3. The predicted octanol–water partition coefficient (Wildman–Crippen LogP) is 2.94. The standard InChI is InChI=1S/C22H32N6O2/c1-16-8-10-19(11-9-16)14-24-22(29)30-13-7-6-12-28-15-25-20(17(28)2)21(23)26-18(3)27(4)5/h8-11,15H,3,6-7,12-14H2,1-2,4-5H3,(H2,23,26)(H,24,29). The first-order valence-corrected chi connectivity index (χ1v) is 9.96. The Morgan fingerprint density at radius 1 is 1.27 bits per heavy atom. The number of aliphatic imine (C=N–C) groups is 1. The maximum absolute atomic E-state index is 11.8. The highest BCUT2D eigenvalue weighted by atomic mass is 16.5. The van der Waals surface area contributed by atoms with E-state index >= 15 is 0 Å². The lowest BCUT2D eigenvalue weighted by Gasteiger charge is -2.11. The van der Waals surface area contributed by atoms with Crippen LogP contribution >= 0.6 is 0 Å². The summed E-state index contributed by atoms with van der Waals surface area (Å²) in [5, 5.41) is 2.76. The third kappa shape index (κ3) is 6.95. The number of carbonyl (C=O) groups is 1. The Hall–Kier alpha value is -3.29. The molecule has 1 amide bonds. The molecule has 0 saturated heterocycles. The van der Waals surface area contributed by atoms with Gasteiger partial charge in [0, 0.05) is 32.9 Å². The molecular weight excluding hydrogens is 380 g/mol. The number of alkyl carbamates (subject to hydrolysis) is 1. The van der Waals surface area contributed by atoms with E-state index in [0.717, 1.165) is 30.6 Å². The molecule has 0 radical (unpaired) electrons. The van der Waals surface area contributed by atoms with E-state index in [9.17, 15) is 4.79 Å². The summed E-state index contributed by atoms with van der Waals surface area (Å²) in [4.78, 5) is 22.2. The van der Waals surface area contributed by atoms with Gasteiger partial charge in [0.05, 0.1) is 12.9 Å². The number of ether oxygens (including phenoxy) is 1. The van der Waals surface area contributed by atoms with Gasteiger partial charge in [-0.2, -0.15) is 0 Å². The lowest BCUT2D eigenvalue weighted by molar-refractivity contribution is 0.143. The molecular formula is C22H32N6O2. The Kier molecular flexibility index (Phi) is 8.46. The third-order valence-corrected chi connectivity index (χ3v) is 4.69. The smallest absolute Gasteiger partial charge is 0.407 e. The molecule has 1 aromatic carbocycles. The maximum Gasteiger partial charge on any atom is 0.407 e. The summed E-state index contributed by atoms with van der Waals surface area (Å²) < 4.78 is 7.26.